The molecule has 7 heteroatoms. The van der Waals surface area contributed by atoms with E-state index < -0.39 is 0 Å². The molecular weight excluding hydrogens is 338 g/mol. The highest BCUT2D eigenvalue weighted by Crippen LogP contribution is 2.46. The number of hydrogen-bond acceptors (Lipinski definition) is 6. The van der Waals surface area contributed by atoms with E-state index in [0.717, 1.165) is 30.8 Å². The van der Waals surface area contributed by atoms with Gasteiger partial charge in [-0.2, -0.15) is 0 Å². The summed E-state index contributed by atoms with van der Waals surface area (Å²) in [6.07, 6.45) is 7.05. The Morgan fingerprint density at radius 3 is 3.12 bits per heavy atom. The predicted octanol–water partition coefficient (Wildman–Crippen LogP) is 2.55. The molecule has 2 aromatic heterocycles. The van der Waals surface area contributed by atoms with Gasteiger partial charge in [0.05, 0.1) is 23.7 Å². The van der Waals surface area contributed by atoms with Gasteiger partial charge in [-0.05, 0) is 18.1 Å². The minimum absolute atomic E-state index is 0.0315. The van der Waals surface area contributed by atoms with Crippen LogP contribution in [0.2, 0.25) is 0 Å². The fourth-order valence-corrected chi connectivity index (χ4v) is 5.04. The smallest absolute Gasteiger partial charge is 0.259 e. The van der Waals surface area contributed by atoms with Crippen molar-refractivity contribution < 1.29 is 14.1 Å². The number of aromatic nitrogens is 2. The van der Waals surface area contributed by atoms with Crippen LogP contribution in [0.5, 0.6) is 0 Å². The number of nitrogens with zero attached hydrogens (tertiary/aromatic N) is 3. The number of hydrogen-bond donors (Lipinski definition) is 0. The topological polar surface area (TPSA) is 68.5 Å². The summed E-state index contributed by atoms with van der Waals surface area (Å²) in [7, 11) is 0. The van der Waals surface area contributed by atoms with Crippen molar-refractivity contribution in [3.63, 3.8) is 0 Å². The zero-order valence-electron chi connectivity index (χ0n) is 14.2. The first-order valence-electron chi connectivity index (χ1n) is 8.56. The molecule has 2 aromatic rings. The lowest BCUT2D eigenvalue weighted by atomic mass is 9.92. The molecule has 0 N–H and O–H groups in total. The molecule has 2 saturated heterocycles. The van der Waals surface area contributed by atoms with Crippen molar-refractivity contribution in [2.75, 3.05) is 18.8 Å². The number of rotatable bonds is 5. The van der Waals surface area contributed by atoms with E-state index in [1.165, 1.54) is 6.20 Å². The van der Waals surface area contributed by atoms with Crippen molar-refractivity contribution in [3.05, 3.63) is 47.6 Å². The zero-order valence-corrected chi connectivity index (χ0v) is 15.0. The van der Waals surface area contributed by atoms with Gasteiger partial charge in [0.25, 0.3) is 5.91 Å². The molecule has 0 radical (unpaired) electrons. The molecule has 0 bridgehead atoms. The van der Waals surface area contributed by atoms with E-state index >= 15 is 0 Å². The number of amides is 1. The number of thioether (sulfide) groups is 1. The molecule has 0 saturated carbocycles. The summed E-state index contributed by atoms with van der Waals surface area (Å²) in [5.74, 6) is 1.68. The molecule has 6 nitrogen and oxygen atoms in total. The molecule has 0 aromatic carbocycles. The molecule has 132 valence electrons. The fraction of sp³-hybridized carbons (Fsp3) is 0.500. The van der Waals surface area contributed by atoms with Gasteiger partial charge in [-0.3, -0.25) is 9.78 Å². The van der Waals surface area contributed by atoms with Crippen LogP contribution in [0.3, 0.4) is 0 Å². The lowest BCUT2D eigenvalue weighted by Crippen LogP contribution is -2.60. The van der Waals surface area contributed by atoms with E-state index in [-0.39, 0.29) is 16.8 Å². The Bertz CT molecular complexity index is 743. The van der Waals surface area contributed by atoms with Crippen molar-refractivity contribution >= 4 is 17.7 Å². The third-order valence-electron chi connectivity index (χ3n) is 4.83. The van der Waals surface area contributed by atoms with Crippen LogP contribution in [-0.2, 0) is 17.8 Å². The second kappa shape index (κ2) is 6.80. The largest absolute Gasteiger partial charge is 0.373 e. The van der Waals surface area contributed by atoms with Crippen LogP contribution in [0, 0.1) is 0 Å². The number of ether oxygens (including phenoxy) is 1. The Morgan fingerprint density at radius 2 is 2.36 bits per heavy atom. The van der Waals surface area contributed by atoms with Crippen LogP contribution in [0.25, 0.3) is 0 Å². The molecule has 1 amide bonds. The Kier molecular flexibility index (Phi) is 4.52. The van der Waals surface area contributed by atoms with E-state index in [2.05, 4.69) is 10.1 Å². The maximum Gasteiger partial charge on any atom is 0.259 e. The zero-order chi connectivity index (χ0) is 17.3. The standard InChI is InChI=1S/C18H21N3O3S/c1-2-16-15(8-20-24-16)17(22)21-11-18(12-21)6-14(10-25-18)23-9-13-4-3-5-19-7-13/h3-5,7-8,14H,2,6,9-12H2,1H3. The van der Waals surface area contributed by atoms with Gasteiger partial charge in [0.1, 0.15) is 11.3 Å². The predicted molar refractivity (Wildman–Crippen MR) is 94.4 cm³/mol. The van der Waals surface area contributed by atoms with Crippen LogP contribution < -0.4 is 0 Å². The Balaban J connectivity index is 1.29. The third kappa shape index (κ3) is 3.30. The summed E-state index contributed by atoms with van der Waals surface area (Å²) in [4.78, 5) is 18.6. The first kappa shape index (κ1) is 16.6. The van der Waals surface area contributed by atoms with E-state index in [4.69, 9.17) is 9.26 Å². The van der Waals surface area contributed by atoms with Crippen molar-refractivity contribution in [3.8, 4) is 0 Å². The molecule has 2 fully saturated rings. The van der Waals surface area contributed by atoms with Gasteiger partial charge in [0.2, 0.25) is 0 Å². The maximum absolute atomic E-state index is 12.6. The first-order chi connectivity index (χ1) is 12.2. The highest BCUT2D eigenvalue weighted by atomic mass is 32.2. The lowest BCUT2D eigenvalue weighted by molar-refractivity contribution is 0.0254. The van der Waals surface area contributed by atoms with Gasteiger partial charge in [-0.25, -0.2) is 0 Å². The molecule has 25 heavy (non-hydrogen) atoms. The lowest BCUT2D eigenvalue weighted by Gasteiger charge is -2.47. The normalized spacial score (nSPS) is 21.5. The van der Waals surface area contributed by atoms with Crippen LogP contribution in [0.1, 0.15) is 35.0 Å². The highest BCUT2D eigenvalue weighted by molar-refractivity contribution is 8.01. The molecule has 1 spiro atoms. The van der Waals surface area contributed by atoms with Crippen LogP contribution >= 0.6 is 11.8 Å². The molecule has 4 rings (SSSR count). The Hall–Kier alpha value is -1.86. The first-order valence-corrected chi connectivity index (χ1v) is 9.55. The van der Waals surface area contributed by atoms with Gasteiger partial charge in [-0.15, -0.1) is 11.8 Å². The Morgan fingerprint density at radius 1 is 1.48 bits per heavy atom. The van der Waals surface area contributed by atoms with Gasteiger partial charge < -0.3 is 14.2 Å². The number of likely N-dealkylation sites (tertiary alicyclic amines) is 1. The van der Waals surface area contributed by atoms with Crippen molar-refractivity contribution in [2.45, 2.75) is 37.2 Å². The second-order valence-electron chi connectivity index (χ2n) is 6.67. The van der Waals surface area contributed by atoms with Crippen LogP contribution in [0.4, 0.5) is 0 Å². The summed E-state index contributed by atoms with van der Waals surface area (Å²) in [6, 6.07) is 3.95. The Labute approximate surface area is 150 Å². The van der Waals surface area contributed by atoms with E-state index in [1.54, 1.807) is 6.20 Å². The van der Waals surface area contributed by atoms with Crippen molar-refractivity contribution in [2.24, 2.45) is 0 Å². The van der Waals surface area contributed by atoms with Crippen LogP contribution in [-0.4, -0.2) is 50.6 Å². The number of pyridine rings is 1. The molecule has 2 aliphatic rings. The quantitative estimate of drug-likeness (QED) is 0.817. The average Bonchev–Trinajstić information content (AvgIpc) is 3.26. The molecule has 0 aliphatic carbocycles. The molecule has 4 heterocycles. The molecule has 1 atom stereocenters. The maximum atomic E-state index is 12.6. The van der Waals surface area contributed by atoms with E-state index in [9.17, 15) is 4.79 Å². The third-order valence-corrected chi connectivity index (χ3v) is 6.40. The van der Waals surface area contributed by atoms with Crippen molar-refractivity contribution in [1.29, 1.82) is 0 Å². The highest BCUT2D eigenvalue weighted by Gasteiger charge is 2.51. The number of aryl methyl sites for hydroxylation is 1. The summed E-state index contributed by atoms with van der Waals surface area (Å²) < 4.78 is 11.3. The summed E-state index contributed by atoms with van der Waals surface area (Å²) in [6.45, 7) is 4.11. The minimum Gasteiger partial charge on any atom is -0.373 e. The summed E-state index contributed by atoms with van der Waals surface area (Å²) >= 11 is 1.93. The molecular formula is C18H21N3O3S. The van der Waals surface area contributed by atoms with Crippen molar-refractivity contribution in [1.82, 2.24) is 15.0 Å². The molecule has 1 unspecified atom stereocenters. The fourth-order valence-electron chi connectivity index (χ4n) is 3.48. The van der Waals surface area contributed by atoms with E-state index in [0.29, 0.717) is 24.4 Å². The van der Waals surface area contributed by atoms with Crippen LogP contribution in [0.15, 0.2) is 35.2 Å². The minimum atomic E-state index is 0.0315. The van der Waals surface area contributed by atoms with Gasteiger partial charge >= 0.3 is 0 Å². The number of carbonyl (C=O) groups excluding carboxylic acids is 1. The SMILES string of the molecule is CCc1oncc1C(=O)N1CC2(CC(OCc3cccnc3)CS2)C1. The monoisotopic (exact) mass is 359 g/mol. The van der Waals surface area contributed by atoms with Gasteiger partial charge in [0, 0.05) is 37.7 Å². The van der Waals surface area contributed by atoms with Gasteiger partial charge in [-0.1, -0.05) is 18.1 Å². The summed E-state index contributed by atoms with van der Waals surface area (Å²) in [5, 5.41) is 3.76. The molecule has 2 aliphatic heterocycles. The van der Waals surface area contributed by atoms with E-state index in [1.807, 2.05) is 41.9 Å². The van der Waals surface area contributed by atoms with Gasteiger partial charge in [0.15, 0.2) is 0 Å². The summed E-state index contributed by atoms with van der Waals surface area (Å²) in [5.41, 5.74) is 1.70. The second-order valence-corrected chi connectivity index (χ2v) is 8.16. The average molecular weight is 359 g/mol. The number of carbonyl (C=O) groups is 1.